The minimum Gasteiger partial charge on any atom is -0.472 e. The fourth-order valence-corrected chi connectivity index (χ4v) is 3.66. The van der Waals surface area contributed by atoms with Crippen LogP contribution >= 0.6 is 0 Å². The molecule has 0 spiro atoms. The zero-order chi connectivity index (χ0) is 17.8. The van der Waals surface area contributed by atoms with Gasteiger partial charge in [-0.3, -0.25) is 4.99 Å². The van der Waals surface area contributed by atoms with Crippen LogP contribution < -0.4 is 10.1 Å². The van der Waals surface area contributed by atoms with E-state index in [-0.39, 0.29) is 6.10 Å². The molecule has 4 rings (SSSR count). The summed E-state index contributed by atoms with van der Waals surface area (Å²) in [4.78, 5) is 15.7. The Morgan fingerprint density at radius 2 is 2.31 bits per heavy atom. The first-order valence-electron chi connectivity index (χ1n) is 9.40. The van der Waals surface area contributed by atoms with Gasteiger partial charge in [0.25, 0.3) is 0 Å². The molecule has 0 saturated carbocycles. The van der Waals surface area contributed by atoms with Crippen molar-refractivity contribution in [2.45, 2.75) is 44.9 Å². The van der Waals surface area contributed by atoms with Gasteiger partial charge in [0.05, 0.1) is 18.8 Å². The van der Waals surface area contributed by atoms with Crippen LogP contribution in [0.25, 0.3) is 0 Å². The second kappa shape index (κ2) is 7.76. The van der Waals surface area contributed by atoms with E-state index >= 15 is 0 Å². The van der Waals surface area contributed by atoms with Crippen molar-refractivity contribution in [2.24, 2.45) is 4.99 Å². The van der Waals surface area contributed by atoms with Gasteiger partial charge in [-0.2, -0.15) is 0 Å². The molecule has 0 aromatic carbocycles. The highest BCUT2D eigenvalue weighted by Gasteiger charge is 2.26. The topological polar surface area (TPSA) is 67.6 Å². The molecule has 0 bridgehead atoms. The number of rotatable bonds is 4. The molecule has 4 heterocycles. The van der Waals surface area contributed by atoms with Gasteiger partial charge in [-0.15, -0.1) is 0 Å². The Labute approximate surface area is 154 Å². The van der Waals surface area contributed by atoms with Crippen molar-refractivity contribution >= 4 is 5.96 Å². The SMILES string of the molecule is CN=C(NCc1cn2c(n1)CCCC2)N1CCC(Oc2ccccn2)C1. The summed E-state index contributed by atoms with van der Waals surface area (Å²) in [7, 11) is 1.83. The van der Waals surface area contributed by atoms with Crippen LogP contribution in [0.15, 0.2) is 35.6 Å². The molecule has 7 heteroatoms. The van der Waals surface area contributed by atoms with Gasteiger partial charge in [-0.25, -0.2) is 9.97 Å². The van der Waals surface area contributed by atoms with Gasteiger partial charge < -0.3 is 19.5 Å². The van der Waals surface area contributed by atoms with E-state index in [2.05, 4.69) is 31.0 Å². The third-order valence-electron chi connectivity index (χ3n) is 4.97. The van der Waals surface area contributed by atoms with Gasteiger partial charge in [0.15, 0.2) is 5.96 Å². The predicted octanol–water partition coefficient (Wildman–Crippen LogP) is 1.84. The summed E-state index contributed by atoms with van der Waals surface area (Å²) in [6.07, 6.45) is 8.63. The summed E-state index contributed by atoms with van der Waals surface area (Å²) in [5, 5.41) is 3.45. The lowest BCUT2D eigenvalue weighted by molar-refractivity contribution is 0.205. The minimum atomic E-state index is 0.142. The van der Waals surface area contributed by atoms with Crippen LogP contribution in [0.2, 0.25) is 0 Å². The molecule has 1 atom stereocenters. The number of aryl methyl sites for hydroxylation is 2. The van der Waals surface area contributed by atoms with E-state index in [4.69, 9.17) is 9.72 Å². The molecule has 7 nitrogen and oxygen atoms in total. The van der Waals surface area contributed by atoms with Crippen LogP contribution in [0.4, 0.5) is 0 Å². The molecule has 1 fully saturated rings. The number of hydrogen-bond donors (Lipinski definition) is 1. The Kier molecular flexibility index (Phi) is 5.04. The average Bonchev–Trinajstić information content (AvgIpc) is 3.30. The lowest BCUT2D eigenvalue weighted by Gasteiger charge is -2.21. The minimum absolute atomic E-state index is 0.142. The van der Waals surface area contributed by atoms with Crippen LogP contribution in [0.5, 0.6) is 5.88 Å². The number of ether oxygens (including phenoxy) is 1. The zero-order valence-electron chi connectivity index (χ0n) is 15.3. The number of aromatic nitrogens is 3. The van der Waals surface area contributed by atoms with Gasteiger partial charge in [0.1, 0.15) is 11.9 Å². The molecule has 138 valence electrons. The first-order chi connectivity index (χ1) is 12.8. The van der Waals surface area contributed by atoms with Crippen molar-refractivity contribution in [1.29, 1.82) is 0 Å². The largest absolute Gasteiger partial charge is 0.472 e. The molecule has 1 saturated heterocycles. The normalized spacial score (nSPS) is 20.1. The fourth-order valence-electron chi connectivity index (χ4n) is 3.66. The number of nitrogens with zero attached hydrogens (tertiary/aromatic N) is 5. The molecule has 26 heavy (non-hydrogen) atoms. The van der Waals surface area contributed by atoms with Crippen molar-refractivity contribution in [3.05, 3.63) is 42.1 Å². The molecule has 2 aromatic heterocycles. The Morgan fingerprint density at radius 3 is 3.12 bits per heavy atom. The van der Waals surface area contributed by atoms with E-state index in [0.717, 1.165) is 44.1 Å². The standard InChI is InChI=1S/C19H26N6O/c1-20-19(22-12-15-13-24-10-5-3-6-17(24)23-15)25-11-8-16(14-25)26-18-7-2-4-9-21-18/h2,4,7,9,13,16H,3,5-6,8,10-12,14H2,1H3,(H,20,22). The third kappa shape index (κ3) is 3.81. The van der Waals surface area contributed by atoms with Crippen LogP contribution in [-0.2, 0) is 19.5 Å². The quantitative estimate of drug-likeness (QED) is 0.670. The lowest BCUT2D eigenvalue weighted by Crippen LogP contribution is -2.40. The molecule has 1 N–H and O–H groups in total. The number of guanidine groups is 1. The molecule has 2 aliphatic heterocycles. The van der Waals surface area contributed by atoms with Gasteiger partial charge in [0.2, 0.25) is 5.88 Å². The van der Waals surface area contributed by atoms with E-state index in [9.17, 15) is 0 Å². The van der Waals surface area contributed by atoms with Gasteiger partial charge in [-0.1, -0.05) is 6.07 Å². The molecular weight excluding hydrogens is 328 g/mol. The predicted molar refractivity (Wildman–Crippen MR) is 100 cm³/mol. The van der Waals surface area contributed by atoms with Crippen molar-refractivity contribution in [3.63, 3.8) is 0 Å². The Bertz CT molecular complexity index is 733. The second-order valence-electron chi connectivity index (χ2n) is 6.84. The average molecular weight is 354 g/mol. The van der Waals surface area contributed by atoms with Crippen molar-refractivity contribution in [1.82, 2.24) is 24.8 Å². The highest BCUT2D eigenvalue weighted by atomic mass is 16.5. The molecule has 2 aliphatic rings. The van der Waals surface area contributed by atoms with Crippen LogP contribution in [-0.4, -0.2) is 51.6 Å². The van der Waals surface area contributed by atoms with Gasteiger partial charge in [0, 0.05) is 51.4 Å². The maximum atomic E-state index is 5.97. The van der Waals surface area contributed by atoms with Gasteiger partial charge in [-0.05, 0) is 18.9 Å². The smallest absolute Gasteiger partial charge is 0.213 e. The van der Waals surface area contributed by atoms with Crippen molar-refractivity contribution < 1.29 is 4.74 Å². The number of aliphatic imine (C=N–C) groups is 1. The Hall–Kier alpha value is -2.57. The lowest BCUT2D eigenvalue weighted by atomic mass is 10.2. The highest BCUT2D eigenvalue weighted by molar-refractivity contribution is 5.80. The molecular formula is C19H26N6O. The zero-order valence-corrected chi connectivity index (χ0v) is 15.3. The van der Waals surface area contributed by atoms with Gasteiger partial charge >= 0.3 is 0 Å². The maximum Gasteiger partial charge on any atom is 0.213 e. The second-order valence-corrected chi connectivity index (χ2v) is 6.84. The fraction of sp³-hybridized carbons (Fsp3) is 0.526. The molecule has 0 aliphatic carbocycles. The molecule has 2 aromatic rings. The Morgan fingerprint density at radius 1 is 1.35 bits per heavy atom. The summed E-state index contributed by atoms with van der Waals surface area (Å²) in [5.41, 5.74) is 1.09. The first kappa shape index (κ1) is 16.9. The number of imidazole rings is 1. The number of hydrogen-bond acceptors (Lipinski definition) is 4. The van der Waals surface area contributed by atoms with Crippen LogP contribution in [0, 0.1) is 0 Å². The van der Waals surface area contributed by atoms with E-state index in [1.54, 1.807) is 6.20 Å². The summed E-state index contributed by atoms with van der Waals surface area (Å²) in [6.45, 7) is 3.54. The van der Waals surface area contributed by atoms with E-state index in [0.29, 0.717) is 12.4 Å². The molecule has 1 unspecified atom stereocenters. The first-order valence-corrected chi connectivity index (χ1v) is 9.40. The molecule has 0 amide bonds. The van der Waals surface area contributed by atoms with Crippen molar-refractivity contribution in [3.8, 4) is 5.88 Å². The number of pyridine rings is 1. The van der Waals surface area contributed by atoms with Crippen LogP contribution in [0.3, 0.4) is 0 Å². The maximum absolute atomic E-state index is 5.97. The number of fused-ring (bicyclic) bond motifs is 1. The Balaban J connectivity index is 1.31. The highest BCUT2D eigenvalue weighted by Crippen LogP contribution is 2.17. The summed E-state index contributed by atoms with van der Waals surface area (Å²) in [6, 6.07) is 5.74. The summed E-state index contributed by atoms with van der Waals surface area (Å²) < 4.78 is 8.25. The van der Waals surface area contributed by atoms with E-state index in [1.807, 2.05) is 25.2 Å². The monoisotopic (exact) mass is 354 g/mol. The molecule has 0 radical (unpaired) electrons. The van der Waals surface area contributed by atoms with Crippen LogP contribution in [0.1, 0.15) is 30.8 Å². The van der Waals surface area contributed by atoms with E-state index in [1.165, 1.54) is 18.7 Å². The number of nitrogens with one attached hydrogen (secondary N) is 1. The number of likely N-dealkylation sites (tertiary alicyclic amines) is 1. The summed E-state index contributed by atoms with van der Waals surface area (Å²) in [5.74, 6) is 2.81. The summed E-state index contributed by atoms with van der Waals surface area (Å²) >= 11 is 0. The van der Waals surface area contributed by atoms with Crippen molar-refractivity contribution in [2.75, 3.05) is 20.1 Å². The third-order valence-corrected chi connectivity index (χ3v) is 4.97. The van der Waals surface area contributed by atoms with E-state index < -0.39 is 0 Å².